The molecule has 33 heteroatoms. The molecule has 0 radical (unpaired) electrons. The van der Waals surface area contributed by atoms with Crippen molar-refractivity contribution in [3.8, 4) is 0 Å². The molecule has 412 valence electrons. The topological polar surface area (TPSA) is 391 Å². The summed E-state index contributed by atoms with van der Waals surface area (Å²) in [7, 11) is -0.377. The number of hydrogen-bond donors (Lipinski definition) is 8. The molecule has 76 heavy (non-hydrogen) atoms. The van der Waals surface area contributed by atoms with Crippen molar-refractivity contribution in [2.45, 2.75) is 94.8 Å². The number of aromatic nitrogens is 8. The number of likely N-dealkylation sites (N-methyl/N-ethyl adjacent to an activating group) is 1. The van der Waals surface area contributed by atoms with E-state index >= 15 is 4.39 Å². The number of amides is 5. The van der Waals surface area contributed by atoms with Crippen LogP contribution in [-0.4, -0.2) is 158 Å². The number of primary amides is 1. The first kappa shape index (κ1) is 56.9. The third-order valence-electron chi connectivity index (χ3n) is 11.9. The number of nitrogen functional groups attached to an aromatic ring is 2. The van der Waals surface area contributed by atoms with Gasteiger partial charge < -0.3 is 70.6 Å². The lowest BCUT2D eigenvalue weighted by Gasteiger charge is -2.26. The average Bonchev–Trinajstić information content (AvgIpc) is 4.18. The first-order valence-electron chi connectivity index (χ1n) is 23.7. The standard InChI is InChI=1S/C43H60FN18O12PS/c1-22(2)30(58-29(63)13-60(4)59-48-3)40(65)57-27(6-5-11-49-43(47)66)39(64)56-24-9-7-23(8-10-24)14-68-21-69-34-33(28(16-71-76)73-42(34)62-20-55-32-36(46)51-18-53-38(32)62)74-75(67)70-15-25-12-26(44)41(72-25)61-19-54-31-35(45)50-17-52-37(31)61/h7-10,17-20,22,25-28,30,33-34,41-42,75-76H,5-6,11-16,21H2,1-4H3,(H,56,64)(H,57,65)(H,58,63)(H2,45,50,52)(H2,46,51,53)(H3,47,49,66)/b59-48-/t25-,26+,27-,28?,30-,33+,34+,41+,42+/m0/s1. The minimum Gasteiger partial charge on any atom is -0.382 e. The Kier molecular flexibility index (Phi) is 20.1. The number of hydrogen-bond acceptors (Lipinski definition) is 23. The lowest BCUT2D eigenvalue weighted by Crippen LogP contribution is -2.55. The van der Waals surface area contributed by atoms with Crippen molar-refractivity contribution in [2.75, 3.05) is 64.0 Å². The number of rotatable bonds is 27. The number of fused-ring (bicyclic) bond motifs is 2. The average molecular weight is 1100 g/mol. The van der Waals surface area contributed by atoms with Crippen LogP contribution in [0.5, 0.6) is 0 Å². The molecule has 0 saturated carbocycles. The van der Waals surface area contributed by atoms with E-state index in [1.807, 2.05) is 0 Å². The summed E-state index contributed by atoms with van der Waals surface area (Å²) < 4.78 is 73.3. The largest absolute Gasteiger partial charge is 0.382 e. The Morgan fingerprint density at radius 1 is 0.934 bits per heavy atom. The number of nitrogens with two attached hydrogens (primary N) is 3. The number of benzene rings is 1. The lowest BCUT2D eigenvalue weighted by molar-refractivity contribution is -0.140. The van der Waals surface area contributed by atoms with E-state index < -0.39 is 87.1 Å². The van der Waals surface area contributed by atoms with Crippen LogP contribution in [0.15, 0.2) is 59.9 Å². The molecular formula is C43H60FN18O12PS. The Hall–Kier alpha value is -6.77. The Labute approximate surface area is 439 Å². The van der Waals surface area contributed by atoms with E-state index in [0.29, 0.717) is 16.9 Å². The predicted octanol–water partition coefficient (Wildman–Crippen LogP) is 1.51. The van der Waals surface area contributed by atoms with Gasteiger partial charge in [-0.2, -0.15) is 5.11 Å². The fraction of sp³-hybridized carbons (Fsp3) is 0.535. The van der Waals surface area contributed by atoms with Gasteiger partial charge in [0.05, 0.1) is 45.6 Å². The van der Waals surface area contributed by atoms with E-state index in [4.69, 9.17) is 49.4 Å². The van der Waals surface area contributed by atoms with Gasteiger partial charge in [0, 0.05) is 25.7 Å². The molecule has 0 spiro atoms. The summed E-state index contributed by atoms with van der Waals surface area (Å²) in [4.78, 5) is 76.2. The number of anilines is 3. The van der Waals surface area contributed by atoms with Gasteiger partial charge in [-0.3, -0.25) is 33.1 Å². The summed E-state index contributed by atoms with van der Waals surface area (Å²) in [5.41, 5.74) is 19.4. The number of carbonyl (C=O) groups excluding carboxylic acids is 4. The summed E-state index contributed by atoms with van der Waals surface area (Å²) in [6, 6.07) is 3.84. The molecule has 0 bridgehead atoms. The monoisotopic (exact) mass is 1100 g/mol. The van der Waals surface area contributed by atoms with Crippen LogP contribution in [0.25, 0.3) is 22.3 Å². The van der Waals surface area contributed by atoms with Crippen molar-refractivity contribution in [1.82, 2.24) is 60.0 Å². The molecule has 6 heterocycles. The second-order valence-corrected chi connectivity index (χ2v) is 19.0. The summed E-state index contributed by atoms with van der Waals surface area (Å²) in [5, 5.41) is 19.4. The van der Waals surface area contributed by atoms with Crippen LogP contribution < -0.4 is 38.5 Å². The van der Waals surface area contributed by atoms with Crippen LogP contribution in [-0.2, 0) is 57.7 Å². The zero-order valence-electron chi connectivity index (χ0n) is 41.6. The molecule has 2 unspecified atom stereocenters. The third-order valence-corrected chi connectivity index (χ3v) is 12.9. The zero-order valence-corrected chi connectivity index (χ0v) is 43.5. The third kappa shape index (κ3) is 14.6. The van der Waals surface area contributed by atoms with Gasteiger partial charge in [0.15, 0.2) is 35.4 Å². The van der Waals surface area contributed by atoms with Crippen LogP contribution in [0, 0.1) is 5.92 Å². The quantitative estimate of drug-likeness (QED) is 0.00702. The van der Waals surface area contributed by atoms with Crippen molar-refractivity contribution in [3.05, 3.63) is 55.1 Å². The molecular weight excluding hydrogens is 1040 g/mol. The van der Waals surface area contributed by atoms with Crippen molar-refractivity contribution >= 4 is 84.6 Å². The van der Waals surface area contributed by atoms with E-state index in [0.717, 1.165) is 0 Å². The van der Waals surface area contributed by atoms with Gasteiger partial charge in [0.25, 0.3) is 0 Å². The number of alkyl halides is 1. The van der Waals surface area contributed by atoms with E-state index in [9.17, 15) is 23.7 Å². The van der Waals surface area contributed by atoms with Crippen molar-refractivity contribution < 1.29 is 60.3 Å². The molecule has 30 nitrogen and oxygen atoms in total. The molecule has 7 rings (SSSR count). The zero-order chi connectivity index (χ0) is 54.5. The summed E-state index contributed by atoms with van der Waals surface area (Å²) in [6.07, 6.45) is -2.11. The molecule has 2 fully saturated rings. The second-order valence-electron chi connectivity index (χ2n) is 17.7. The highest BCUT2D eigenvalue weighted by Gasteiger charge is 2.49. The molecule has 0 aliphatic carbocycles. The lowest BCUT2D eigenvalue weighted by atomic mass is 10.0. The van der Waals surface area contributed by atoms with E-state index in [-0.39, 0.29) is 93.2 Å². The number of carbonyl (C=O) groups is 4. The normalized spacial score (nSPS) is 21.8. The molecule has 4 aromatic heterocycles. The van der Waals surface area contributed by atoms with Gasteiger partial charge in [-0.05, 0) is 49.4 Å². The van der Waals surface area contributed by atoms with Gasteiger partial charge in [0.1, 0.15) is 73.6 Å². The Morgan fingerprint density at radius 2 is 1.61 bits per heavy atom. The van der Waals surface area contributed by atoms with E-state index in [1.165, 1.54) is 41.9 Å². The smallest absolute Gasteiger partial charge is 0.319 e. The highest BCUT2D eigenvalue weighted by atomic mass is 32.1. The number of ether oxygens (including phenoxy) is 4. The molecule has 10 N–H and O–H groups in total. The maximum atomic E-state index is 15.4. The maximum absolute atomic E-state index is 15.4. The number of urea groups is 1. The molecule has 5 amide bonds. The van der Waals surface area contributed by atoms with Crippen molar-refractivity contribution in [3.63, 3.8) is 0 Å². The Balaban J connectivity index is 0.976. The number of halogens is 1. The second kappa shape index (κ2) is 26.8. The van der Waals surface area contributed by atoms with Crippen LogP contribution in [0.2, 0.25) is 0 Å². The SMILES string of the molecule is C/N=N\N(C)CC(=O)N[C@H](C(=O)N[C@@H](CCCNC(N)=O)C(=O)Nc1ccc(COCO[C@@H]2[C@H](O[PH](=O)OC[C@@H]3C[C@@H](F)[C@H](n4cnc5c(N)ncnc54)O3)C(COS)O[C@H]2n2cnc3c(N)ncnc32)cc1)C(C)C. The molecule has 2 aliphatic heterocycles. The van der Waals surface area contributed by atoms with E-state index in [1.54, 1.807) is 49.7 Å². The first-order valence-corrected chi connectivity index (χ1v) is 25.3. The Morgan fingerprint density at radius 3 is 2.24 bits per heavy atom. The molecule has 1 aromatic carbocycles. The number of nitrogens with one attached hydrogen (secondary N) is 4. The van der Waals surface area contributed by atoms with Crippen LogP contribution >= 0.6 is 21.2 Å². The fourth-order valence-electron chi connectivity index (χ4n) is 8.32. The molecule has 10 atom stereocenters. The van der Waals surface area contributed by atoms with Crippen molar-refractivity contribution in [1.29, 1.82) is 0 Å². The first-order chi connectivity index (χ1) is 36.5. The fourth-order valence-corrected chi connectivity index (χ4v) is 9.37. The minimum atomic E-state index is -3.39. The van der Waals surface area contributed by atoms with Gasteiger partial charge in [-0.25, -0.2) is 39.1 Å². The number of thiol groups is 1. The highest BCUT2D eigenvalue weighted by Crippen LogP contribution is 2.42. The summed E-state index contributed by atoms with van der Waals surface area (Å²) >= 11 is 3.93. The van der Waals surface area contributed by atoms with Crippen molar-refractivity contribution in [2.24, 2.45) is 22.0 Å². The van der Waals surface area contributed by atoms with Gasteiger partial charge in [0.2, 0.25) is 17.7 Å². The molecule has 5 aromatic rings. The summed E-state index contributed by atoms with van der Waals surface area (Å²) in [6.45, 7) is 2.65. The minimum absolute atomic E-state index is 0.0107. The van der Waals surface area contributed by atoms with Gasteiger partial charge in [-0.15, -0.1) is 0 Å². The number of imidazole rings is 2. The summed E-state index contributed by atoms with van der Waals surface area (Å²) in [5.74, 6) is -1.75. The highest BCUT2D eigenvalue weighted by molar-refractivity contribution is 7.75. The van der Waals surface area contributed by atoms with Gasteiger partial charge >= 0.3 is 14.3 Å². The molecule has 2 aliphatic rings. The van der Waals surface area contributed by atoms with Crippen LogP contribution in [0.4, 0.5) is 26.5 Å². The molecule has 2 saturated heterocycles. The number of nitrogens with zero attached hydrogens (tertiary/aromatic N) is 11. The predicted molar refractivity (Wildman–Crippen MR) is 270 cm³/mol. The van der Waals surface area contributed by atoms with Gasteiger partial charge in [-0.1, -0.05) is 31.2 Å². The van der Waals surface area contributed by atoms with Crippen LogP contribution in [0.3, 0.4) is 0 Å². The van der Waals surface area contributed by atoms with Crippen LogP contribution in [0.1, 0.15) is 51.1 Å². The maximum Gasteiger partial charge on any atom is 0.319 e. The Bertz CT molecular complexity index is 2840. The van der Waals surface area contributed by atoms with E-state index in [2.05, 4.69) is 74.4 Å².